The molecular weight excluding hydrogens is 861 g/mol. The highest BCUT2D eigenvalue weighted by atomic mass is 16.6. The van der Waals surface area contributed by atoms with Crippen molar-refractivity contribution in [1.29, 1.82) is 0 Å². The second-order valence-electron chi connectivity index (χ2n) is 17.0. The number of rotatable bonds is 47. The molecule has 0 aromatic rings. The predicted molar refractivity (Wildman–Crippen MR) is 306 cm³/mol. The van der Waals surface area contributed by atoms with Crippen molar-refractivity contribution in [3.63, 3.8) is 0 Å². The van der Waals surface area contributed by atoms with Crippen LogP contribution in [0.4, 0.5) is 0 Å². The van der Waals surface area contributed by atoms with Crippen molar-refractivity contribution in [3.8, 4) is 0 Å². The molecule has 0 bridgehead atoms. The highest BCUT2D eigenvalue weighted by Gasteiger charge is 2.17. The molecule has 0 spiro atoms. The second-order valence-corrected chi connectivity index (χ2v) is 17.0. The van der Waals surface area contributed by atoms with Gasteiger partial charge < -0.3 is 14.2 Å². The summed E-state index contributed by atoms with van der Waals surface area (Å²) in [4.78, 5) is 25.5. The van der Waals surface area contributed by atoms with Gasteiger partial charge in [-0.25, -0.2) is 0 Å². The number of carbonyl (C=O) groups is 2. The van der Waals surface area contributed by atoms with Gasteiger partial charge in [0.1, 0.15) is 6.61 Å². The minimum absolute atomic E-state index is 0.00820. The van der Waals surface area contributed by atoms with Gasteiger partial charge in [-0.3, -0.25) is 9.59 Å². The number of carbonyl (C=O) groups excluding carboxylic acids is 2. The Hall–Kier alpha value is -5.00. The Bertz CT molecular complexity index is 1650. The molecule has 5 heteroatoms. The summed E-state index contributed by atoms with van der Waals surface area (Å²) in [6, 6.07) is 0. The van der Waals surface area contributed by atoms with E-state index in [2.05, 4.69) is 203 Å². The molecule has 0 aromatic carbocycles. The van der Waals surface area contributed by atoms with E-state index in [1.54, 1.807) is 0 Å². The number of allylic oxidation sites excluding steroid dienone is 30. The maximum absolute atomic E-state index is 12.8. The van der Waals surface area contributed by atoms with Crippen LogP contribution in [0.2, 0.25) is 0 Å². The smallest absolute Gasteiger partial charge is 0.306 e. The van der Waals surface area contributed by atoms with Crippen LogP contribution < -0.4 is 0 Å². The van der Waals surface area contributed by atoms with Crippen molar-refractivity contribution in [2.75, 3.05) is 19.8 Å². The summed E-state index contributed by atoms with van der Waals surface area (Å²) < 4.78 is 17.3. The zero-order valence-corrected chi connectivity index (χ0v) is 44.4. The van der Waals surface area contributed by atoms with Crippen molar-refractivity contribution >= 4 is 11.9 Å². The third-order valence-electron chi connectivity index (χ3n) is 10.4. The Kier molecular flexibility index (Phi) is 54.1. The quantitative estimate of drug-likeness (QED) is 0.0345. The van der Waals surface area contributed by atoms with Crippen molar-refractivity contribution in [2.24, 2.45) is 0 Å². The molecule has 0 rings (SSSR count). The lowest BCUT2D eigenvalue weighted by molar-refractivity contribution is -0.162. The summed E-state index contributed by atoms with van der Waals surface area (Å²) in [5, 5.41) is 0. The van der Waals surface area contributed by atoms with E-state index in [9.17, 15) is 9.59 Å². The van der Waals surface area contributed by atoms with Gasteiger partial charge in [-0.15, -0.1) is 0 Å². The van der Waals surface area contributed by atoms with E-state index >= 15 is 0 Å². The highest BCUT2D eigenvalue weighted by molar-refractivity contribution is 5.70. The fourth-order valence-corrected chi connectivity index (χ4v) is 6.49. The van der Waals surface area contributed by atoms with Crippen molar-refractivity contribution in [1.82, 2.24) is 0 Å². The van der Waals surface area contributed by atoms with Gasteiger partial charge in [-0.2, -0.15) is 0 Å². The minimum atomic E-state index is -0.619. The van der Waals surface area contributed by atoms with Crippen LogP contribution in [0.15, 0.2) is 182 Å². The molecule has 70 heavy (non-hydrogen) atoms. The van der Waals surface area contributed by atoms with E-state index in [1.807, 2.05) is 0 Å². The van der Waals surface area contributed by atoms with Gasteiger partial charge in [0.2, 0.25) is 0 Å². The average Bonchev–Trinajstić information content (AvgIpc) is 3.36. The molecule has 0 aliphatic heterocycles. The molecular formula is C65H98O5. The number of hydrogen-bond acceptors (Lipinski definition) is 5. The standard InChI is InChI=1S/C65H98O5/c1-4-7-10-13-16-19-22-25-28-31-32-33-36-39-42-45-48-51-54-57-60-68-61-63(70-65(67)59-56-53-50-47-44-41-38-35-30-27-24-21-18-15-12-9-6-3)62-69-64(66)58-55-52-49-46-43-40-37-34-29-26-23-20-17-14-11-8-5-2/h7-12,16-21,25-30,32-33,37-42,46,48-49,51,63H,4-6,13-15,22-24,31,34-36,43-45,47,50,52-62H2,1-3H3/b10-7-,11-8-,12-9-,19-16-,20-17-,21-18-,28-25-,29-26-,30-27-,33-32-,40-37-,41-38-,42-39-,49-46-,51-48-. The van der Waals surface area contributed by atoms with Crippen LogP contribution in [0.5, 0.6) is 0 Å². The average molecular weight is 959 g/mol. The third kappa shape index (κ3) is 55.6. The van der Waals surface area contributed by atoms with E-state index in [0.717, 1.165) is 148 Å². The van der Waals surface area contributed by atoms with Gasteiger partial charge in [0.25, 0.3) is 0 Å². The first kappa shape index (κ1) is 65.0. The summed E-state index contributed by atoms with van der Waals surface area (Å²) >= 11 is 0. The molecule has 5 nitrogen and oxygen atoms in total. The number of esters is 2. The second kappa shape index (κ2) is 58.3. The molecule has 1 unspecified atom stereocenters. The molecule has 0 radical (unpaired) electrons. The zero-order chi connectivity index (χ0) is 50.6. The summed E-state index contributed by atoms with van der Waals surface area (Å²) in [6.45, 7) is 7.22. The van der Waals surface area contributed by atoms with Crippen LogP contribution in [-0.2, 0) is 23.8 Å². The number of unbranched alkanes of at least 4 members (excludes halogenated alkanes) is 6. The van der Waals surface area contributed by atoms with Crippen LogP contribution in [-0.4, -0.2) is 37.9 Å². The van der Waals surface area contributed by atoms with Gasteiger partial charge in [-0.1, -0.05) is 216 Å². The summed E-state index contributed by atoms with van der Waals surface area (Å²) in [5.41, 5.74) is 0. The van der Waals surface area contributed by atoms with Crippen molar-refractivity contribution in [3.05, 3.63) is 182 Å². The fourth-order valence-electron chi connectivity index (χ4n) is 6.49. The zero-order valence-electron chi connectivity index (χ0n) is 44.4. The van der Waals surface area contributed by atoms with E-state index in [-0.39, 0.29) is 25.2 Å². The van der Waals surface area contributed by atoms with Crippen LogP contribution in [0.3, 0.4) is 0 Å². The largest absolute Gasteiger partial charge is 0.462 e. The highest BCUT2D eigenvalue weighted by Crippen LogP contribution is 2.10. The molecule has 0 fully saturated rings. The monoisotopic (exact) mass is 959 g/mol. The lowest BCUT2D eigenvalue weighted by Gasteiger charge is -2.18. The van der Waals surface area contributed by atoms with Gasteiger partial charge in [0.05, 0.1) is 6.61 Å². The van der Waals surface area contributed by atoms with Crippen LogP contribution in [0, 0.1) is 0 Å². The Morgan fingerprint density at radius 2 is 0.614 bits per heavy atom. The molecule has 0 aliphatic carbocycles. The summed E-state index contributed by atoms with van der Waals surface area (Å²) in [7, 11) is 0. The molecule has 0 amide bonds. The van der Waals surface area contributed by atoms with Gasteiger partial charge in [0, 0.05) is 19.4 Å². The predicted octanol–water partition coefficient (Wildman–Crippen LogP) is 19.0. The van der Waals surface area contributed by atoms with E-state index in [4.69, 9.17) is 14.2 Å². The first-order chi connectivity index (χ1) is 34.6. The van der Waals surface area contributed by atoms with Crippen LogP contribution in [0.1, 0.15) is 188 Å². The molecule has 0 saturated carbocycles. The Morgan fingerprint density at radius 3 is 0.986 bits per heavy atom. The number of hydrogen-bond donors (Lipinski definition) is 0. The summed E-state index contributed by atoms with van der Waals surface area (Å²) in [6.07, 6.45) is 89.2. The maximum Gasteiger partial charge on any atom is 0.306 e. The molecule has 1 atom stereocenters. The van der Waals surface area contributed by atoms with Gasteiger partial charge in [0.15, 0.2) is 6.10 Å². The van der Waals surface area contributed by atoms with Gasteiger partial charge in [-0.05, 0) is 141 Å². The fraction of sp³-hybridized carbons (Fsp3) is 0.508. The van der Waals surface area contributed by atoms with Crippen molar-refractivity contribution < 1.29 is 23.8 Å². The van der Waals surface area contributed by atoms with Crippen molar-refractivity contribution in [2.45, 2.75) is 194 Å². The summed E-state index contributed by atoms with van der Waals surface area (Å²) in [5.74, 6) is -0.542. The minimum Gasteiger partial charge on any atom is -0.462 e. The normalized spacial score (nSPS) is 13.7. The Morgan fingerprint density at radius 1 is 0.314 bits per heavy atom. The van der Waals surface area contributed by atoms with E-state index < -0.39 is 6.10 Å². The van der Waals surface area contributed by atoms with Crippen LogP contribution in [0.25, 0.3) is 0 Å². The molecule has 0 aliphatic rings. The number of ether oxygens (including phenoxy) is 3. The molecule has 0 saturated heterocycles. The third-order valence-corrected chi connectivity index (χ3v) is 10.4. The molecule has 388 valence electrons. The van der Waals surface area contributed by atoms with E-state index in [1.165, 1.54) is 0 Å². The topological polar surface area (TPSA) is 61.8 Å². The maximum atomic E-state index is 12.8. The van der Waals surface area contributed by atoms with Gasteiger partial charge >= 0.3 is 11.9 Å². The molecule has 0 aromatic heterocycles. The lowest BCUT2D eigenvalue weighted by atomic mass is 10.1. The van der Waals surface area contributed by atoms with E-state index in [0.29, 0.717) is 25.9 Å². The molecule has 0 N–H and O–H groups in total. The Labute approximate surface area is 429 Å². The Balaban J connectivity index is 4.57. The lowest BCUT2D eigenvalue weighted by Crippen LogP contribution is -2.30. The first-order valence-electron chi connectivity index (χ1n) is 27.3. The molecule has 0 heterocycles. The SMILES string of the molecule is CC/C=C\C/C=C\C/C=C\C/C=C\C/C=C\C/C=C\CCCOCC(COC(=O)CCC/C=C\C/C=C\C/C=C\C/C=C\C/C=C\CC)OC(=O)CCCCCC/C=C\C/C=C\C/C=C\C/C=C\CC. The van der Waals surface area contributed by atoms with Crippen LogP contribution >= 0.6 is 0 Å². The first-order valence-corrected chi connectivity index (χ1v) is 27.3.